The molecule has 1 aliphatic rings. The molecular formula is C13H18N4O2. The van der Waals surface area contributed by atoms with E-state index < -0.39 is 0 Å². The van der Waals surface area contributed by atoms with E-state index in [-0.39, 0.29) is 0 Å². The zero-order chi connectivity index (χ0) is 13.8. The van der Waals surface area contributed by atoms with Gasteiger partial charge in [0.05, 0.1) is 24.2 Å². The number of nitrogens with two attached hydrogens (primary N) is 1. The number of pyridine rings is 1. The lowest BCUT2D eigenvalue weighted by atomic mass is 10.1. The van der Waals surface area contributed by atoms with Crippen LogP contribution in [-0.4, -0.2) is 38.5 Å². The zero-order valence-corrected chi connectivity index (χ0v) is 11.1. The van der Waals surface area contributed by atoms with Gasteiger partial charge in [0.1, 0.15) is 5.82 Å². The summed E-state index contributed by atoms with van der Waals surface area (Å²) < 4.78 is 5.46. The van der Waals surface area contributed by atoms with Gasteiger partial charge < -0.3 is 20.7 Å². The molecule has 0 amide bonds. The van der Waals surface area contributed by atoms with E-state index in [2.05, 4.69) is 10.3 Å². The number of anilines is 2. The summed E-state index contributed by atoms with van der Waals surface area (Å²) in [4.78, 5) is 17.4. The first kappa shape index (κ1) is 13.2. The number of aromatic nitrogens is 1. The van der Waals surface area contributed by atoms with Crippen LogP contribution in [0.25, 0.3) is 5.70 Å². The minimum Gasteiger partial charge on any atom is -0.488 e. The Labute approximate surface area is 112 Å². The fourth-order valence-electron chi connectivity index (χ4n) is 1.96. The van der Waals surface area contributed by atoms with Crippen LogP contribution in [0.1, 0.15) is 12.0 Å². The van der Waals surface area contributed by atoms with E-state index in [1.807, 2.05) is 19.0 Å². The summed E-state index contributed by atoms with van der Waals surface area (Å²) in [6.45, 7) is 1.27. The van der Waals surface area contributed by atoms with Gasteiger partial charge in [0.2, 0.25) is 0 Å². The standard InChI is InChI=1S/C13H18N4O2/c1-17(2)13-10(6-9(14)7-16-13)12-11(8-18)19-5-3-4-15-12/h6-8,15H,3-5,14H2,1-2H3. The molecule has 1 aromatic heterocycles. The van der Waals surface area contributed by atoms with E-state index in [0.717, 1.165) is 30.6 Å². The Morgan fingerprint density at radius 1 is 1.53 bits per heavy atom. The van der Waals surface area contributed by atoms with Crippen LogP contribution in [0.4, 0.5) is 11.5 Å². The molecule has 0 bridgehead atoms. The highest BCUT2D eigenvalue weighted by atomic mass is 16.5. The summed E-state index contributed by atoms with van der Waals surface area (Å²) in [6.07, 6.45) is 3.15. The highest BCUT2D eigenvalue weighted by molar-refractivity contribution is 5.88. The molecule has 0 radical (unpaired) electrons. The Balaban J connectivity index is 2.57. The van der Waals surface area contributed by atoms with E-state index in [0.29, 0.717) is 23.8 Å². The van der Waals surface area contributed by atoms with Crippen molar-refractivity contribution < 1.29 is 9.53 Å². The number of nitrogens with zero attached hydrogens (tertiary/aromatic N) is 2. The van der Waals surface area contributed by atoms with E-state index in [1.165, 1.54) is 0 Å². The van der Waals surface area contributed by atoms with Crippen LogP contribution in [0.2, 0.25) is 0 Å². The second kappa shape index (κ2) is 5.60. The van der Waals surface area contributed by atoms with Crippen LogP contribution < -0.4 is 16.0 Å². The third-order valence-electron chi connectivity index (χ3n) is 2.81. The normalized spacial score (nSPS) is 15.3. The maximum atomic E-state index is 11.2. The van der Waals surface area contributed by atoms with Crippen LogP contribution in [0.5, 0.6) is 0 Å². The van der Waals surface area contributed by atoms with Crippen LogP contribution in [0, 0.1) is 0 Å². The van der Waals surface area contributed by atoms with Crippen molar-refractivity contribution in [1.29, 1.82) is 0 Å². The smallest absolute Gasteiger partial charge is 0.186 e. The third-order valence-corrected chi connectivity index (χ3v) is 2.81. The number of hydrogen-bond acceptors (Lipinski definition) is 6. The van der Waals surface area contributed by atoms with E-state index in [9.17, 15) is 4.79 Å². The highest BCUT2D eigenvalue weighted by Crippen LogP contribution is 2.27. The molecule has 0 atom stereocenters. The molecule has 0 aliphatic carbocycles. The van der Waals surface area contributed by atoms with Gasteiger partial charge in [-0.15, -0.1) is 0 Å². The average molecular weight is 262 g/mol. The molecule has 0 saturated carbocycles. The molecule has 19 heavy (non-hydrogen) atoms. The van der Waals surface area contributed by atoms with Gasteiger partial charge in [-0.3, -0.25) is 4.79 Å². The SMILES string of the molecule is CN(C)c1ncc(N)cc1C1=C(C=O)OCCCN1. The maximum absolute atomic E-state index is 11.2. The molecule has 0 aromatic carbocycles. The van der Waals surface area contributed by atoms with Crippen molar-refractivity contribution in [2.24, 2.45) is 0 Å². The van der Waals surface area contributed by atoms with Crippen molar-refractivity contribution in [3.8, 4) is 0 Å². The largest absolute Gasteiger partial charge is 0.488 e. The predicted molar refractivity (Wildman–Crippen MR) is 74.5 cm³/mol. The number of hydrogen-bond donors (Lipinski definition) is 2. The average Bonchev–Trinajstić information content (AvgIpc) is 2.63. The Morgan fingerprint density at radius 3 is 3.00 bits per heavy atom. The molecule has 3 N–H and O–H groups in total. The molecule has 0 spiro atoms. The van der Waals surface area contributed by atoms with Crippen LogP contribution in [0.15, 0.2) is 18.0 Å². The number of allylic oxidation sites excluding steroid dienone is 1. The Kier molecular flexibility index (Phi) is 3.89. The van der Waals surface area contributed by atoms with Gasteiger partial charge in [0.15, 0.2) is 12.0 Å². The lowest BCUT2D eigenvalue weighted by Gasteiger charge is -2.19. The Hall–Kier alpha value is -2.24. The van der Waals surface area contributed by atoms with Gasteiger partial charge >= 0.3 is 0 Å². The van der Waals surface area contributed by atoms with Crippen molar-refractivity contribution in [2.75, 3.05) is 37.9 Å². The van der Waals surface area contributed by atoms with Gasteiger partial charge in [-0.2, -0.15) is 0 Å². The zero-order valence-electron chi connectivity index (χ0n) is 11.1. The third kappa shape index (κ3) is 2.78. The summed E-state index contributed by atoms with van der Waals surface area (Å²) in [6, 6.07) is 1.79. The summed E-state index contributed by atoms with van der Waals surface area (Å²) >= 11 is 0. The lowest BCUT2D eigenvalue weighted by Crippen LogP contribution is -2.19. The van der Waals surface area contributed by atoms with E-state index in [4.69, 9.17) is 10.5 Å². The van der Waals surface area contributed by atoms with Gasteiger partial charge in [-0.1, -0.05) is 0 Å². The van der Waals surface area contributed by atoms with Crippen molar-refractivity contribution >= 4 is 23.5 Å². The van der Waals surface area contributed by atoms with Crippen LogP contribution in [-0.2, 0) is 9.53 Å². The van der Waals surface area contributed by atoms with Crippen molar-refractivity contribution in [3.63, 3.8) is 0 Å². The van der Waals surface area contributed by atoms with Gasteiger partial charge in [0, 0.05) is 26.2 Å². The van der Waals surface area contributed by atoms with Gasteiger partial charge in [-0.05, 0) is 12.5 Å². The van der Waals surface area contributed by atoms with Crippen molar-refractivity contribution in [2.45, 2.75) is 6.42 Å². The van der Waals surface area contributed by atoms with Crippen molar-refractivity contribution in [3.05, 3.63) is 23.6 Å². The van der Waals surface area contributed by atoms with Crippen LogP contribution in [0.3, 0.4) is 0 Å². The van der Waals surface area contributed by atoms with Crippen molar-refractivity contribution in [1.82, 2.24) is 10.3 Å². The summed E-state index contributed by atoms with van der Waals surface area (Å²) in [5, 5.41) is 3.22. The highest BCUT2D eigenvalue weighted by Gasteiger charge is 2.18. The fraction of sp³-hybridized carbons (Fsp3) is 0.385. The Bertz CT molecular complexity index is 511. The minimum atomic E-state index is 0.299. The number of rotatable bonds is 3. The molecule has 0 fully saturated rings. The number of nitrogens with one attached hydrogen (secondary N) is 1. The van der Waals surface area contributed by atoms with Gasteiger partial charge in [-0.25, -0.2) is 4.98 Å². The molecule has 6 nitrogen and oxygen atoms in total. The molecule has 2 rings (SSSR count). The number of ether oxygens (including phenoxy) is 1. The minimum absolute atomic E-state index is 0.299. The second-order valence-corrected chi connectivity index (χ2v) is 4.52. The number of nitrogen functional groups attached to an aromatic ring is 1. The summed E-state index contributed by atoms with van der Waals surface area (Å²) in [5.74, 6) is 1.04. The summed E-state index contributed by atoms with van der Waals surface area (Å²) in [5.41, 5.74) is 7.77. The fourth-order valence-corrected chi connectivity index (χ4v) is 1.96. The lowest BCUT2D eigenvalue weighted by molar-refractivity contribution is -0.107. The Morgan fingerprint density at radius 2 is 2.32 bits per heavy atom. The van der Waals surface area contributed by atoms with Crippen LogP contribution >= 0.6 is 0 Å². The molecule has 6 heteroatoms. The number of carbonyl (C=O) groups excluding carboxylic acids is 1. The topological polar surface area (TPSA) is 80.5 Å². The number of aldehydes is 1. The molecular weight excluding hydrogens is 244 g/mol. The first-order valence-corrected chi connectivity index (χ1v) is 6.13. The monoisotopic (exact) mass is 262 g/mol. The first-order valence-electron chi connectivity index (χ1n) is 6.13. The predicted octanol–water partition coefficient (Wildman–Crippen LogP) is 0.607. The molecule has 0 saturated heterocycles. The second-order valence-electron chi connectivity index (χ2n) is 4.52. The maximum Gasteiger partial charge on any atom is 0.186 e. The molecule has 1 aliphatic heterocycles. The molecule has 102 valence electrons. The molecule has 1 aromatic rings. The van der Waals surface area contributed by atoms with E-state index >= 15 is 0 Å². The van der Waals surface area contributed by atoms with Gasteiger partial charge in [0.25, 0.3) is 0 Å². The number of carbonyl (C=O) groups is 1. The first-order chi connectivity index (χ1) is 9.13. The summed E-state index contributed by atoms with van der Waals surface area (Å²) in [7, 11) is 3.78. The quantitative estimate of drug-likeness (QED) is 0.777. The van der Waals surface area contributed by atoms with E-state index in [1.54, 1.807) is 12.3 Å². The molecule has 0 unspecified atom stereocenters. The molecule has 2 heterocycles.